The molecule has 1 unspecified atom stereocenters. The number of nitrogens with one attached hydrogen (secondary N) is 1. The van der Waals surface area contributed by atoms with Gasteiger partial charge >= 0.3 is 0 Å². The summed E-state index contributed by atoms with van der Waals surface area (Å²) in [5.41, 5.74) is 6.21. The zero-order valence-corrected chi connectivity index (χ0v) is 11.2. The van der Waals surface area contributed by atoms with E-state index in [9.17, 15) is 9.00 Å². The molecular weight excluding hydrogens is 252 g/mol. The van der Waals surface area contributed by atoms with Gasteiger partial charge in [0.2, 0.25) is 5.91 Å². The van der Waals surface area contributed by atoms with Crippen LogP contribution in [0.4, 0.5) is 5.69 Å². The number of ether oxygens (including phenoxy) is 1. The lowest BCUT2D eigenvalue weighted by molar-refractivity contribution is -0.118. The summed E-state index contributed by atoms with van der Waals surface area (Å²) in [6, 6.07) is 6.98. The lowest BCUT2D eigenvalue weighted by Crippen LogP contribution is -2.29. The van der Waals surface area contributed by atoms with Crippen molar-refractivity contribution in [2.75, 3.05) is 30.4 Å². The Hall–Kier alpha value is -1.56. The van der Waals surface area contributed by atoms with Gasteiger partial charge in [-0.15, -0.1) is 0 Å². The fourth-order valence-corrected chi connectivity index (χ4v) is 2.09. The molecule has 0 saturated heterocycles. The summed E-state index contributed by atoms with van der Waals surface area (Å²) in [4.78, 5) is 11.2. The smallest absolute Gasteiger partial charge is 0.232 e. The van der Waals surface area contributed by atoms with Gasteiger partial charge in [-0.1, -0.05) is 0 Å². The molecule has 0 radical (unpaired) electrons. The molecule has 6 heteroatoms. The summed E-state index contributed by atoms with van der Waals surface area (Å²) in [5, 5.41) is 2.60. The normalized spacial score (nSPS) is 11.8. The molecule has 0 aliphatic heterocycles. The van der Waals surface area contributed by atoms with Gasteiger partial charge in [0.25, 0.3) is 0 Å². The van der Waals surface area contributed by atoms with Gasteiger partial charge < -0.3 is 15.8 Å². The Morgan fingerprint density at radius 2 is 2.06 bits per heavy atom. The zero-order chi connectivity index (χ0) is 13.4. The number of carbonyl (C=O) groups is 1. The third-order valence-corrected chi connectivity index (χ3v) is 3.33. The predicted molar refractivity (Wildman–Crippen MR) is 72.9 cm³/mol. The number of anilines is 1. The molecule has 0 aliphatic rings. The van der Waals surface area contributed by atoms with E-state index >= 15 is 0 Å². The maximum atomic E-state index is 11.5. The molecule has 1 amide bonds. The maximum Gasteiger partial charge on any atom is 0.232 e. The first-order chi connectivity index (χ1) is 8.61. The Morgan fingerprint density at radius 1 is 1.39 bits per heavy atom. The van der Waals surface area contributed by atoms with E-state index in [2.05, 4.69) is 5.32 Å². The largest absolute Gasteiger partial charge is 0.493 e. The van der Waals surface area contributed by atoms with E-state index < -0.39 is 10.8 Å². The van der Waals surface area contributed by atoms with Crippen molar-refractivity contribution < 1.29 is 13.7 Å². The van der Waals surface area contributed by atoms with Crippen LogP contribution in [0.1, 0.15) is 6.92 Å². The van der Waals surface area contributed by atoms with Crippen LogP contribution >= 0.6 is 0 Å². The second-order valence-corrected chi connectivity index (χ2v) is 5.24. The van der Waals surface area contributed by atoms with Crippen molar-refractivity contribution in [3.05, 3.63) is 24.3 Å². The van der Waals surface area contributed by atoms with Crippen LogP contribution in [-0.2, 0) is 15.6 Å². The van der Waals surface area contributed by atoms with Gasteiger partial charge in [-0.3, -0.25) is 9.00 Å². The highest BCUT2D eigenvalue weighted by Crippen LogP contribution is 2.12. The summed E-state index contributed by atoms with van der Waals surface area (Å²) >= 11 is 0. The van der Waals surface area contributed by atoms with E-state index in [-0.39, 0.29) is 11.7 Å². The number of benzene rings is 1. The minimum absolute atomic E-state index is 0.0267. The predicted octanol–water partition coefficient (Wildman–Crippen LogP) is 0.532. The van der Waals surface area contributed by atoms with Gasteiger partial charge in [-0.05, 0) is 31.2 Å². The molecule has 1 aromatic carbocycles. The summed E-state index contributed by atoms with van der Waals surface area (Å²) in [6.45, 7) is 2.69. The second kappa shape index (κ2) is 7.71. The lowest BCUT2D eigenvalue weighted by atomic mass is 10.3. The van der Waals surface area contributed by atoms with E-state index in [0.29, 0.717) is 30.3 Å². The van der Waals surface area contributed by atoms with Gasteiger partial charge in [-0.25, -0.2) is 0 Å². The Kier molecular flexibility index (Phi) is 6.21. The van der Waals surface area contributed by atoms with E-state index in [0.717, 1.165) is 0 Å². The molecule has 1 atom stereocenters. The molecule has 1 rings (SSSR count). The van der Waals surface area contributed by atoms with Crippen molar-refractivity contribution in [1.82, 2.24) is 5.32 Å². The highest BCUT2D eigenvalue weighted by molar-refractivity contribution is 7.85. The van der Waals surface area contributed by atoms with Gasteiger partial charge in [0.15, 0.2) is 0 Å². The minimum Gasteiger partial charge on any atom is -0.493 e. The van der Waals surface area contributed by atoms with Crippen LogP contribution in [0.3, 0.4) is 0 Å². The van der Waals surface area contributed by atoms with Gasteiger partial charge in [0, 0.05) is 23.0 Å². The zero-order valence-electron chi connectivity index (χ0n) is 10.3. The number of carbonyl (C=O) groups excluding carboxylic acids is 1. The average Bonchev–Trinajstić information content (AvgIpc) is 2.32. The third-order valence-electron chi connectivity index (χ3n) is 2.13. The molecule has 0 heterocycles. The monoisotopic (exact) mass is 270 g/mol. The van der Waals surface area contributed by atoms with Gasteiger partial charge in [-0.2, -0.15) is 0 Å². The van der Waals surface area contributed by atoms with Gasteiger partial charge in [0.05, 0.1) is 12.4 Å². The summed E-state index contributed by atoms with van der Waals surface area (Å²) < 4.78 is 16.9. The van der Waals surface area contributed by atoms with Crippen molar-refractivity contribution in [3.63, 3.8) is 0 Å². The number of hydrogen-bond donors (Lipinski definition) is 2. The first-order valence-corrected chi connectivity index (χ1v) is 7.20. The fraction of sp³-hybridized carbons (Fsp3) is 0.417. The first kappa shape index (κ1) is 14.5. The number of amides is 1. The highest BCUT2D eigenvalue weighted by Gasteiger charge is 2.06. The molecule has 100 valence electrons. The first-order valence-electron chi connectivity index (χ1n) is 5.72. The standard InChI is InChI=1S/C12H18N2O3S/c1-2-14-12(15)9-18(16)8-7-17-11-5-3-10(13)4-6-11/h3-6H,2,7-9,13H2,1H3,(H,14,15). The van der Waals surface area contributed by atoms with Crippen LogP contribution in [0.25, 0.3) is 0 Å². The Bertz CT molecular complexity index is 406. The third kappa shape index (κ3) is 5.67. The van der Waals surface area contributed by atoms with Crippen molar-refractivity contribution in [3.8, 4) is 5.75 Å². The lowest BCUT2D eigenvalue weighted by Gasteiger charge is -2.06. The van der Waals surface area contributed by atoms with E-state index in [1.54, 1.807) is 24.3 Å². The van der Waals surface area contributed by atoms with Crippen LogP contribution in [0.15, 0.2) is 24.3 Å². The van der Waals surface area contributed by atoms with E-state index in [1.807, 2.05) is 6.92 Å². The SMILES string of the molecule is CCNC(=O)CS(=O)CCOc1ccc(N)cc1. The molecule has 0 saturated carbocycles. The molecule has 1 aromatic rings. The van der Waals surface area contributed by atoms with Crippen LogP contribution < -0.4 is 15.8 Å². The number of nitrogen functional groups attached to an aromatic ring is 1. The molecule has 5 nitrogen and oxygen atoms in total. The fourth-order valence-electron chi connectivity index (χ4n) is 1.28. The number of rotatable bonds is 7. The molecule has 18 heavy (non-hydrogen) atoms. The topological polar surface area (TPSA) is 81.4 Å². The Morgan fingerprint density at radius 3 is 2.67 bits per heavy atom. The van der Waals surface area contributed by atoms with Crippen molar-refractivity contribution in [2.24, 2.45) is 0 Å². The van der Waals surface area contributed by atoms with Crippen LogP contribution in [0.2, 0.25) is 0 Å². The van der Waals surface area contributed by atoms with Crippen LogP contribution in [0.5, 0.6) is 5.75 Å². The van der Waals surface area contributed by atoms with Gasteiger partial charge in [0.1, 0.15) is 11.5 Å². The molecule has 0 aliphatic carbocycles. The molecule has 0 spiro atoms. The number of nitrogens with two attached hydrogens (primary N) is 1. The van der Waals surface area contributed by atoms with E-state index in [4.69, 9.17) is 10.5 Å². The molecular formula is C12H18N2O3S. The quantitative estimate of drug-likeness (QED) is 0.708. The summed E-state index contributed by atoms with van der Waals surface area (Å²) in [7, 11) is -1.19. The van der Waals surface area contributed by atoms with Crippen LogP contribution in [0, 0.1) is 0 Å². The van der Waals surface area contributed by atoms with Crippen molar-refractivity contribution in [1.29, 1.82) is 0 Å². The molecule has 0 aromatic heterocycles. The van der Waals surface area contributed by atoms with E-state index in [1.165, 1.54) is 0 Å². The Labute approximate surface area is 109 Å². The highest BCUT2D eigenvalue weighted by atomic mass is 32.2. The van der Waals surface area contributed by atoms with Crippen molar-refractivity contribution in [2.45, 2.75) is 6.92 Å². The molecule has 3 N–H and O–H groups in total. The van der Waals surface area contributed by atoms with Crippen LogP contribution in [-0.4, -0.2) is 34.8 Å². The number of hydrogen-bond acceptors (Lipinski definition) is 4. The summed E-state index contributed by atoms with van der Waals surface area (Å²) in [6.07, 6.45) is 0. The Balaban J connectivity index is 2.23. The van der Waals surface area contributed by atoms with Crippen molar-refractivity contribution >= 4 is 22.4 Å². The summed E-state index contributed by atoms with van der Waals surface area (Å²) in [5.74, 6) is 0.850. The average molecular weight is 270 g/mol. The molecule has 0 bridgehead atoms. The molecule has 0 fully saturated rings. The second-order valence-electron chi connectivity index (χ2n) is 3.66. The maximum absolute atomic E-state index is 11.5. The minimum atomic E-state index is -1.19.